The zero-order valence-electron chi connectivity index (χ0n) is 12.3. The number of hydrogen-bond donors (Lipinski definition) is 2. The summed E-state index contributed by atoms with van der Waals surface area (Å²) in [4.78, 5) is 0. The second-order valence-electron chi connectivity index (χ2n) is 6.41. The van der Waals surface area contributed by atoms with Crippen LogP contribution in [-0.4, -0.2) is 19.6 Å². The van der Waals surface area contributed by atoms with Crippen LogP contribution in [-0.2, 0) is 25.7 Å². The Morgan fingerprint density at radius 3 is 2.74 bits per heavy atom. The summed E-state index contributed by atoms with van der Waals surface area (Å²) in [7, 11) is 0. The van der Waals surface area contributed by atoms with Gasteiger partial charge in [0.25, 0.3) is 0 Å². The van der Waals surface area contributed by atoms with Crippen molar-refractivity contribution in [2.75, 3.05) is 25.0 Å². The highest BCUT2D eigenvalue weighted by atomic mass is 14.9. The second-order valence-corrected chi connectivity index (χ2v) is 6.41. The molecule has 1 aromatic rings. The fraction of sp³-hybridized carbons (Fsp3) is 0.647. The van der Waals surface area contributed by atoms with Crippen LogP contribution in [0.5, 0.6) is 0 Å². The number of benzene rings is 1. The fourth-order valence-corrected chi connectivity index (χ4v) is 3.55. The summed E-state index contributed by atoms with van der Waals surface area (Å²) < 4.78 is 0. The van der Waals surface area contributed by atoms with Gasteiger partial charge in [-0.15, -0.1) is 0 Å². The van der Waals surface area contributed by atoms with Crippen LogP contribution in [0.2, 0.25) is 0 Å². The van der Waals surface area contributed by atoms with E-state index in [9.17, 15) is 0 Å². The molecular formula is C17H26N2. The third kappa shape index (κ3) is 2.64. The number of rotatable bonds is 2. The van der Waals surface area contributed by atoms with E-state index < -0.39 is 0 Å². The van der Waals surface area contributed by atoms with E-state index in [-0.39, 0.29) is 0 Å². The molecule has 19 heavy (non-hydrogen) atoms. The summed E-state index contributed by atoms with van der Waals surface area (Å²) in [6.07, 6.45) is 6.16. The van der Waals surface area contributed by atoms with Gasteiger partial charge in [-0.2, -0.15) is 0 Å². The molecular weight excluding hydrogens is 232 g/mol. The van der Waals surface area contributed by atoms with E-state index >= 15 is 0 Å². The Hall–Kier alpha value is -1.02. The van der Waals surface area contributed by atoms with Crippen molar-refractivity contribution in [1.29, 1.82) is 0 Å². The largest absolute Gasteiger partial charge is 0.385 e. The Kier molecular flexibility index (Phi) is 3.79. The molecule has 0 fully saturated rings. The zero-order chi connectivity index (χ0) is 13.2. The third-order valence-electron chi connectivity index (χ3n) is 4.38. The molecule has 0 unspecified atom stereocenters. The maximum Gasteiger partial charge on any atom is 0.0408 e. The van der Waals surface area contributed by atoms with Gasteiger partial charge in [0.05, 0.1) is 0 Å². The molecule has 104 valence electrons. The fourth-order valence-electron chi connectivity index (χ4n) is 3.55. The molecule has 0 radical (unpaired) electrons. The van der Waals surface area contributed by atoms with Crippen molar-refractivity contribution in [2.24, 2.45) is 5.92 Å². The van der Waals surface area contributed by atoms with Gasteiger partial charge in [-0.05, 0) is 73.4 Å². The quantitative estimate of drug-likeness (QED) is 0.852. The van der Waals surface area contributed by atoms with Gasteiger partial charge in [-0.25, -0.2) is 0 Å². The van der Waals surface area contributed by atoms with Crippen molar-refractivity contribution in [1.82, 2.24) is 5.32 Å². The van der Waals surface area contributed by atoms with E-state index in [1.165, 1.54) is 37.8 Å². The van der Waals surface area contributed by atoms with Gasteiger partial charge in [-0.1, -0.05) is 19.9 Å². The summed E-state index contributed by atoms with van der Waals surface area (Å²) in [5, 5.41) is 7.23. The molecule has 0 aliphatic carbocycles. The lowest BCUT2D eigenvalue weighted by Gasteiger charge is -2.26. The Balaban J connectivity index is 2.10. The number of fused-ring (bicyclic) bond motifs is 2. The van der Waals surface area contributed by atoms with E-state index in [4.69, 9.17) is 0 Å². The minimum absolute atomic E-state index is 0.732. The average molecular weight is 258 g/mol. The highest BCUT2D eigenvalue weighted by molar-refractivity contribution is 5.64. The van der Waals surface area contributed by atoms with Crippen LogP contribution >= 0.6 is 0 Å². The molecule has 2 aliphatic heterocycles. The molecule has 0 atom stereocenters. The first kappa shape index (κ1) is 13.0. The van der Waals surface area contributed by atoms with Crippen LogP contribution in [0.1, 0.15) is 42.5 Å². The van der Waals surface area contributed by atoms with Gasteiger partial charge in [0.1, 0.15) is 0 Å². The normalized spacial score (nSPS) is 18.5. The average Bonchev–Trinajstić information content (AvgIpc) is 2.63. The zero-order valence-corrected chi connectivity index (χ0v) is 12.3. The van der Waals surface area contributed by atoms with Crippen molar-refractivity contribution < 1.29 is 0 Å². The number of aryl methyl sites for hydroxylation is 1. The predicted octanol–water partition coefficient (Wildman–Crippen LogP) is 2.93. The lowest BCUT2D eigenvalue weighted by molar-refractivity contribution is 0.639. The molecule has 3 rings (SSSR count). The maximum absolute atomic E-state index is 3.69. The van der Waals surface area contributed by atoms with E-state index in [2.05, 4.69) is 30.5 Å². The first-order chi connectivity index (χ1) is 9.25. The standard InChI is InChI=1S/C17H26N2/c1-12(2)10-16-15-6-9-18-8-5-13(15)11-14-4-3-7-19-17(14)16/h11-12,18-19H,3-10H2,1-2H3. The van der Waals surface area contributed by atoms with E-state index in [1.54, 1.807) is 22.3 Å². The lowest BCUT2D eigenvalue weighted by Crippen LogP contribution is -2.18. The summed E-state index contributed by atoms with van der Waals surface area (Å²) in [6.45, 7) is 8.10. The number of nitrogens with one attached hydrogen (secondary N) is 2. The highest BCUT2D eigenvalue weighted by Crippen LogP contribution is 2.34. The minimum Gasteiger partial charge on any atom is -0.385 e. The summed E-state index contributed by atoms with van der Waals surface area (Å²) >= 11 is 0. The van der Waals surface area contributed by atoms with E-state index in [0.29, 0.717) is 0 Å². The topological polar surface area (TPSA) is 24.1 Å². The van der Waals surface area contributed by atoms with Crippen molar-refractivity contribution in [2.45, 2.75) is 46.0 Å². The van der Waals surface area contributed by atoms with Crippen LogP contribution in [0.15, 0.2) is 6.07 Å². The van der Waals surface area contributed by atoms with Gasteiger partial charge in [0.15, 0.2) is 0 Å². The number of anilines is 1. The summed E-state index contributed by atoms with van der Waals surface area (Å²) in [5.74, 6) is 0.732. The molecule has 2 heterocycles. The van der Waals surface area contributed by atoms with Crippen LogP contribution in [0.3, 0.4) is 0 Å². The predicted molar refractivity (Wildman–Crippen MR) is 82.1 cm³/mol. The lowest BCUT2D eigenvalue weighted by atomic mass is 9.85. The summed E-state index contributed by atoms with van der Waals surface area (Å²) in [5.41, 5.74) is 7.95. The van der Waals surface area contributed by atoms with Gasteiger partial charge in [-0.3, -0.25) is 0 Å². The Morgan fingerprint density at radius 2 is 1.89 bits per heavy atom. The SMILES string of the molecule is CC(C)Cc1c2c(cc3c1NCCC3)CCNCC2. The molecule has 2 heteroatoms. The van der Waals surface area contributed by atoms with Gasteiger partial charge in [0.2, 0.25) is 0 Å². The molecule has 2 aliphatic rings. The minimum atomic E-state index is 0.732. The maximum atomic E-state index is 3.69. The molecule has 2 N–H and O–H groups in total. The van der Waals surface area contributed by atoms with Crippen molar-refractivity contribution in [3.63, 3.8) is 0 Å². The first-order valence-corrected chi connectivity index (χ1v) is 7.87. The molecule has 0 saturated carbocycles. The van der Waals surface area contributed by atoms with Crippen molar-refractivity contribution in [3.05, 3.63) is 28.3 Å². The van der Waals surface area contributed by atoms with Crippen LogP contribution in [0.25, 0.3) is 0 Å². The molecule has 0 spiro atoms. The van der Waals surface area contributed by atoms with Gasteiger partial charge in [0, 0.05) is 12.2 Å². The molecule has 0 amide bonds. The Morgan fingerprint density at radius 1 is 1.05 bits per heavy atom. The number of hydrogen-bond acceptors (Lipinski definition) is 2. The first-order valence-electron chi connectivity index (χ1n) is 7.87. The second kappa shape index (κ2) is 5.54. The molecule has 0 saturated heterocycles. The third-order valence-corrected chi connectivity index (χ3v) is 4.38. The smallest absolute Gasteiger partial charge is 0.0408 e. The monoisotopic (exact) mass is 258 g/mol. The Bertz CT molecular complexity index is 463. The van der Waals surface area contributed by atoms with Crippen LogP contribution < -0.4 is 10.6 Å². The summed E-state index contributed by atoms with van der Waals surface area (Å²) in [6, 6.07) is 2.49. The van der Waals surface area contributed by atoms with E-state index in [0.717, 1.165) is 25.6 Å². The molecule has 1 aromatic carbocycles. The van der Waals surface area contributed by atoms with Crippen LogP contribution in [0, 0.1) is 5.92 Å². The van der Waals surface area contributed by atoms with Crippen molar-refractivity contribution in [3.8, 4) is 0 Å². The van der Waals surface area contributed by atoms with Crippen molar-refractivity contribution >= 4 is 5.69 Å². The molecule has 2 nitrogen and oxygen atoms in total. The molecule has 0 bridgehead atoms. The molecule has 0 aromatic heterocycles. The Labute approximate surface area is 117 Å². The van der Waals surface area contributed by atoms with E-state index in [1.807, 2.05) is 0 Å². The van der Waals surface area contributed by atoms with Gasteiger partial charge >= 0.3 is 0 Å². The van der Waals surface area contributed by atoms with Crippen LogP contribution in [0.4, 0.5) is 5.69 Å². The van der Waals surface area contributed by atoms with Gasteiger partial charge < -0.3 is 10.6 Å². The highest BCUT2D eigenvalue weighted by Gasteiger charge is 2.21.